The summed E-state index contributed by atoms with van der Waals surface area (Å²) in [5.41, 5.74) is 1.78. The van der Waals surface area contributed by atoms with Gasteiger partial charge in [0, 0.05) is 6.92 Å². The number of benzene rings is 1. The minimum Gasteiger partial charge on any atom is -0.292 e. The minimum atomic E-state index is -0.172. The highest BCUT2D eigenvalue weighted by atomic mass is 32.1. The van der Waals surface area contributed by atoms with E-state index in [1.54, 1.807) is 0 Å². The largest absolute Gasteiger partial charge is 0.292 e. The van der Waals surface area contributed by atoms with Crippen LogP contribution in [-0.2, 0) is 0 Å². The van der Waals surface area contributed by atoms with Gasteiger partial charge in [-0.2, -0.15) is 5.10 Å². The van der Waals surface area contributed by atoms with Gasteiger partial charge >= 0.3 is 0 Å². The topological polar surface area (TPSA) is 76.7 Å². The number of carbonyl (C=O) groups excluding carboxylic acids is 1. The molecule has 92 valence electrons. The van der Waals surface area contributed by atoms with Gasteiger partial charge in [-0.15, -0.1) is 4.91 Å². The number of aromatic nitrogens is 2. The molecule has 0 N–H and O–H groups in total. The summed E-state index contributed by atoms with van der Waals surface area (Å²) in [6.45, 7) is 3.36. The van der Waals surface area contributed by atoms with Crippen LogP contribution in [0.1, 0.15) is 22.3 Å². The molecule has 0 saturated carbocycles. The van der Waals surface area contributed by atoms with Crippen LogP contribution < -0.4 is 4.80 Å². The van der Waals surface area contributed by atoms with Crippen LogP contribution in [0.15, 0.2) is 34.7 Å². The Morgan fingerprint density at radius 3 is 2.83 bits per heavy atom. The molecule has 0 aliphatic rings. The fraction of sp³-hybridized carbons (Fsp3) is 0.182. The summed E-state index contributed by atoms with van der Waals surface area (Å²) in [6.07, 6.45) is 0. The van der Waals surface area contributed by atoms with Gasteiger partial charge in [-0.25, -0.2) is 4.68 Å². The third-order valence-electron chi connectivity index (χ3n) is 2.23. The highest BCUT2D eigenvalue weighted by Gasteiger charge is 2.10. The Kier molecular flexibility index (Phi) is 3.42. The number of ketones is 1. The number of nitrogens with zero attached hydrogens (tertiary/aromatic N) is 4. The number of nitroso groups, excluding NO2 is 1. The van der Waals surface area contributed by atoms with Crippen LogP contribution in [0.4, 0.5) is 0 Å². The molecular weight excluding hydrogens is 252 g/mol. The molecule has 6 nitrogen and oxygen atoms in total. The van der Waals surface area contributed by atoms with Crippen molar-refractivity contribution in [3.63, 3.8) is 0 Å². The van der Waals surface area contributed by atoms with E-state index in [0.29, 0.717) is 5.01 Å². The molecule has 0 saturated heterocycles. The van der Waals surface area contributed by atoms with Crippen molar-refractivity contribution in [1.82, 2.24) is 9.78 Å². The Labute approximate surface area is 107 Å². The summed E-state index contributed by atoms with van der Waals surface area (Å²) in [5, 5.41) is 10.4. The van der Waals surface area contributed by atoms with Crippen LogP contribution in [0.2, 0.25) is 0 Å². The van der Waals surface area contributed by atoms with E-state index >= 15 is 0 Å². The van der Waals surface area contributed by atoms with Crippen molar-refractivity contribution in [1.29, 1.82) is 0 Å². The SMILES string of the molecule is CC(=O)c1nn(-c2cccc(C)c2)/c(=N/N=O)s1. The molecular formula is C11H10N4O2S. The molecule has 0 fully saturated rings. The predicted octanol–water partition coefficient (Wildman–Crippen LogP) is 2.03. The van der Waals surface area contributed by atoms with E-state index < -0.39 is 0 Å². The molecule has 1 aromatic carbocycles. The number of carbonyl (C=O) groups is 1. The first-order valence-corrected chi connectivity index (χ1v) is 5.98. The summed E-state index contributed by atoms with van der Waals surface area (Å²) >= 11 is 1.03. The number of hydrogen-bond donors (Lipinski definition) is 0. The Morgan fingerprint density at radius 2 is 2.22 bits per heavy atom. The van der Waals surface area contributed by atoms with Crippen molar-refractivity contribution in [3.8, 4) is 5.69 Å². The van der Waals surface area contributed by atoms with Gasteiger partial charge in [0.05, 0.1) is 11.0 Å². The summed E-state index contributed by atoms with van der Waals surface area (Å²) in [5.74, 6) is -0.172. The number of Topliss-reactive ketones (excluding diaryl/α,β-unsaturated/α-hetero) is 1. The Bertz CT molecular complexity index is 672. The summed E-state index contributed by atoms with van der Waals surface area (Å²) in [4.78, 5) is 21.8. The van der Waals surface area contributed by atoms with Gasteiger partial charge in [0.15, 0.2) is 10.8 Å². The summed E-state index contributed by atoms with van der Waals surface area (Å²) < 4.78 is 1.44. The summed E-state index contributed by atoms with van der Waals surface area (Å²) in [6, 6.07) is 7.51. The Morgan fingerprint density at radius 1 is 1.44 bits per heavy atom. The maximum atomic E-state index is 11.3. The maximum Gasteiger partial charge on any atom is 0.237 e. The first-order valence-electron chi connectivity index (χ1n) is 5.16. The fourth-order valence-corrected chi connectivity index (χ4v) is 2.20. The van der Waals surface area contributed by atoms with Crippen molar-refractivity contribution in [2.75, 3.05) is 0 Å². The first kappa shape index (κ1) is 12.3. The third kappa shape index (κ3) is 2.40. The molecule has 2 rings (SSSR count). The zero-order valence-electron chi connectivity index (χ0n) is 9.82. The molecule has 0 unspecified atom stereocenters. The minimum absolute atomic E-state index is 0.172. The van der Waals surface area contributed by atoms with Gasteiger partial charge in [0.25, 0.3) is 0 Å². The van der Waals surface area contributed by atoms with Gasteiger partial charge in [0.2, 0.25) is 4.80 Å². The van der Waals surface area contributed by atoms with Crippen molar-refractivity contribution < 1.29 is 4.79 Å². The lowest BCUT2D eigenvalue weighted by atomic mass is 10.2. The van der Waals surface area contributed by atoms with Crippen LogP contribution >= 0.6 is 11.3 Å². The second-order valence-electron chi connectivity index (χ2n) is 3.68. The maximum absolute atomic E-state index is 11.3. The van der Waals surface area contributed by atoms with Crippen molar-refractivity contribution in [3.05, 3.63) is 44.5 Å². The predicted molar refractivity (Wildman–Crippen MR) is 67.5 cm³/mol. The number of aryl methyl sites for hydroxylation is 1. The van der Waals surface area contributed by atoms with E-state index in [9.17, 15) is 9.70 Å². The average molecular weight is 262 g/mol. The number of hydrogen-bond acceptors (Lipinski definition) is 5. The van der Waals surface area contributed by atoms with Gasteiger partial charge in [-0.3, -0.25) is 4.79 Å². The van der Waals surface area contributed by atoms with Crippen LogP contribution in [0, 0.1) is 11.8 Å². The van der Waals surface area contributed by atoms with E-state index in [2.05, 4.69) is 15.5 Å². The molecule has 0 aliphatic heterocycles. The lowest BCUT2D eigenvalue weighted by Gasteiger charge is -2.01. The van der Waals surface area contributed by atoms with Gasteiger partial charge in [0.1, 0.15) is 0 Å². The molecule has 0 bridgehead atoms. The Hall–Kier alpha value is -2.15. The average Bonchev–Trinajstić information content (AvgIpc) is 2.74. The molecule has 18 heavy (non-hydrogen) atoms. The Balaban J connectivity index is 2.66. The third-order valence-corrected chi connectivity index (χ3v) is 3.23. The van der Waals surface area contributed by atoms with E-state index in [-0.39, 0.29) is 10.6 Å². The highest BCUT2D eigenvalue weighted by molar-refractivity contribution is 7.10. The van der Waals surface area contributed by atoms with Gasteiger partial charge in [-0.1, -0.05) is 28.6 Å². The van der Waals surface area contributed by atoms with Crippen LogP contribution in [0.3, 0.4) is 0 Å². The zero-order valence-corrected chi connectivity index (χ0v) is 10.6. The highest BCUT2D eigenvalue weighted by Crippen LogP contribution is 2.10. The van der Waals surface area contributed by atoms with Gasteiger partial charge in [-0.05, 0) is 24.6 Å². The lowest BCUT2D eigenvalue weighted by molar-refractivity contribution is 0.101. The molecule has 0 amide bonds. The van der Waals surface area contributed by atoms with Crippen LogP contribution in [-0.4, -0.2) is 15.6 Å². The molecule has 7 heteroatoms. The molecule has 1 heterocycles. The fourth-order valence-electron chi connectivity index (χ4n) is 1.45. The second-order valence-corrected chi connectivity index (χ2v) is 4.63. The smallest absolute Gasteiger partial charge is 0.237 e. The second kappa shape index (κ2) is 5.01. The zero-order chi connectivity index (χ0) is 13.1. The molecule has 0 aliphatic carbocycles. The van der Waals surface area contributed by atoms with E-state index in [1.807, 2.05) is 31.2 Å². The quantitative estimate of drug-likeness (QED) is 0.482. The molecule has 0 radical (unpaired) electrons. The van der Waals surface area contributed by atoms with Crippen molar-refractivity contribution in [2.24, 2.45) is 10.4 Å². The lowest BCUT2D eigenvalue weighted by Crippen LogP contribution is -2.13. The monoisotopic (exact) mass is 262 g/mol. The van der Waals surface area contributed by atoms with Crippen molar-refractivity contribution >= 4 is 17.1 Å². The molecule has 0 atom stereocenters. The molecule has 0 spiro atoms. The van der Waals surface area contributed by atoms with Gasteiger partial charge < -0.3 is 0 Å². The molecule has 1 aromatic heterocycles. The molecule has 2 aromatic rings. The first-order chi connectivity index (χ1) is 8.61. The van der Waals surface area contributed by atoms with Crippen LogP contribution in [0.5, 0.6) is 0 Å². The summed E-state index contributed by atoms with van der Waals surface area (Å²) in [7, 11) is 0. The standard InChI is InChI=1S/C11H10N4O2S/c1-7-4-3-5-9(6-7)15-11(12-14-17)18-10(13-15)8(2)16/h3-6H,1-2H3/b12-11-. The van der Waals surface area contributed by atoms with Crippen molar-refractivity contribution in [2.45, 2.75) is 13.8 Å². The van der Waals surface area contributed by atoms with E-state index in [1.165, 1.54) is 11.6 Å². The van der Waals surface area contributed by atoms with E-state index in [0.717, 1.165) is 22.6 Å². The number of rotatable bonds is 3. The van der Waals surface area contributed by atoms with E-state index in [4.69, 9.17) is 0 Å². The van der Waals surface area contributed by atoms with Crippen LogP contribution in [0.25, 0.3) is 5.69 Å². The normalized spacial score (nSPS) is 11.6.